The molecule has 4 nitrogen and oxygen atoms in total. The van der Waals surface area contributed by atoms with Crippen molar-refractivity contribution in [3.63, 3.8) is 0 Å². The number of fused-ring (bicyclic) bond motifs is 1. The third-order valence-corrected chi connectivity index (χ3v) is 5.90. The van der Waals surface area contributed by atoms with E-state index < -0.39 is 0 Å². The molecule has 0 saturated carbocycles. The second-order valence-corrected chi connectivity index (χ2v) is 7.81. The summed E-state index contributed by atoms with van der Waals surface area (Å²) in [4.78, 5) is 14.2. The van der Waals surface area contributed by atoms with E-state index in [0.29, 0.717) is 0 Å². The number of nitrogens with zero attached hydrogens (tertiary/aromatic N) is 4. The molecule has 130 valence electrons. The highest BCUT2D eigenvalue weighted by atomic mass is 32.1. The van der Waals surface area contributed by atoms with Gasteiger partial charge in [0, 0.05) is 38.8 Å². The number of pyridine rings is 1. The van der Waals surface area contributed by atoms with Gasteiger partial charge in [-0.25, -0.2) is 9.97 Å². The van der Waals surface area contributed by atoms with Gasteiger partial charge in [-0.05, 0) is 49.7 Å². The zero-order chi connectivity index (χ0) is 17.1. The van der Waals surface area contributed by atoms with E-state index in [-0.39, 0.29) is 0 Å². The average molecular weight is 353 g/mol. The predicted molar refractivity (Wildman–Crippen MR) is 106 cm³/mol. The minimum absolute atomic E-state index is 1.07. The molecule has 3 aromatic rings. The lowest BCUT2D eigenvalue weighted by Crippen LogP contribution is -2.47. The van der Waals surface area contributed by atoms with Crippen LogP contribution >= 0.6 is 11.3 Å². The number of piperazine rings is 1. The van der Waals surface area contributed by atoms with Crippen LogP contribution in [0, 0.1) is 6.92 Å². The zero-order valence-electron chi connectivity index (χ0n) is 14.7. The lowest BCUT2D eigenvalue weighted by atomic mass is 10.2. The van der Waals surface area contributed by atoms with Crippen LogP contribution in [0.3, 0.4) is 0 Å². The molecule has 5 heteroatoms. The van der Waals surface area contributed by atoms with Crippen molar-refractivity contribution in [2.75, 3.05) is 37.6 Å². The van der Waals surface area contributed by atoms with Crippen LogP contribution in [0.5, 0.6) is 0 Å². The van der Waals surface area contributed by atoms with E-state index in [2.05, 4.69) is 58.1 Å². The Balaban J connectivity index is 1.25. The van der Waals surface area contributed by atoms with Gasteiger partial charge in [-0.15, -0.1) is 11.3 Å². The molecule has 0 spiro atoms. The van der Waals surface area contributed by atoms with Crippen LogP contribution in [-0.2, 0) is 6.42 Å². The van der Waals surface area contributed by atoms with Gasteiger partial charge in [0.25, 0.3) is 0 Å². The van der Waals surface area contributed by atoms with E-state index in [1.165, 1.54) is 21.7 Å². The molecule has 0 radical (unpaired) electrons. The quantitative estimate of drug-likeness (QED) is 0.700. The lowest BCUT2D eigenvalue weighted by molar-refractivity contribution is 0.254. The maximum atomic E-state index is 4.74. The Hall–Kier alpha value is -1.98. The van der Waals surface area contributed by atoms with Gasteiger partial charge in [0.05, 0.1) is 15.2 Å². The van der Waals surface area contributed by atoms with Crippen molar-refractivity contribution in [3.05, 3.63) is 53.2 Å². The van der Waals surface area contributed by atoms with Crippen LogP contribution in [0.2, 0.25) is 0 Å². The Morgan fingerprint density at radius 1 is 1.08 bits per heavy atom. The molecule has 1 fully saturated rings. The first-order valence-corrected chi connectivity index (χ1v) is 9.84. The van der Waals surface area contributed by atoms with Crippen molar-refractivity contribution >= 4 is 27.4 Å². The predicted octanol–water partition coefficient (Wildman–Crippen LogP) is 3.75. The van der Waals surface area contributed by atoms with E-state index in [9.17, 15) is 0 Å². The summed E-state index contributed by atoms with van der Waals surface area (Å²) in [5.41, 5.74) is 2.42. The molecule has 3 heterocycles. The number of hydrogen-bond acceptors (Lipinski definition) is 5. The van der Waals surface area contributed by atoms with Gasteiger partial charge >= 0.3 is 0 Å². The number of hydrogen-bond donors (Lipinski definition) is 0. The standard InChI is InChI=1S/C20H24N4S/c1-16-8-9-21-19(15-16)24-13-11-23(12-14-24)10-4-7-20-22-17-5-2-3-6-18(17)25-20/h2-3,5-6,8-9,15H,4,7,10-14H2,1H3. The van der Waals surface area contributed by atoms with Gasteiger partial charge in [-0.2, -0.15) is 0 Å². The SMILES string of the molecule is Cc1ccnc(N2CCN(CCCc3nc4ccccc4s3)CC2)c1. The third kappa shape index (κ3) is 3.99. The van der Waals surface area contributed by atoms with Gasteiger partial charge in [-0.3, -0.25) is 4.90 Å². The second kappa shape index (κ2) is 7.50. The van der Waals surface area contributed by atoms with Crippen LogP contribution in [0.4, 0.5) is 5.82 Å². The first-order chi connectivity index (χ1) is 12.3. The maximum Gasteiger partial charge on any atom is 0.128 e. The first kappa shape index (κ1) is 16.5. The number of anilines is 1. The summed E-state index contributed by atoms with van der Waals surface area (Å²) < 4.78 is 1.30. The normalized spacial score (nSPS) is 15.8. The second-order valence-electron chi connectivity index (χ2n) is 6.70. The Morgan fingerprint density at radius 2 is 1.92 bits per heavy atom. The van der Waals surface area contributed by atoms with E-state index in [4.69, 9.17) is 4.98 Å². The minimum atomic E-state index is 1.07. The van der Waals surface area contributed by atoms with Crippen LogP contribution in [0.15, 0.2) is 42.6 Å². The van der Waals surface area contributed by atoms with Crippen molar-refractivity contribution in [1.82, 2.24) is 14.9 Å². The number of aryl methyl sites for hydroxylation is 2. The molecule has 25 heavy (non-hydrogen) atoms. The molecular weight excluding hydrogens is 328 g/mol. The van der Waals surface area contributed by atoms with Gasteiger partial charge in [0.2, 0.25) is 0 Å². The summed E-state index contributed by atoms with van der Waals surface area (Å²) in [7, 11) is 0. The molecule has 1 aliphatic heterocycles. The van der Waals surface area contributed by atoms with Gasteiger partial charge < -0.3 is 4.90 Å². The molecule has 1 saturated heterocycles. The van der Waals surface area contributed by atoms with Gasteiger partial charge in [-0.1, -0.05) is 12.1 Å². The molecule has 1 aliphatic rings. The summed E-state index contributed by atoms with van der Waals surface area (Å²) in [6.45, 7) is 7.66. The number of rotatable bonds is 5. The van der Waals surface area contributed by atoms with Crippen molar-refractivity contribution in [2.45, 2.75) is 19.8 Å². The van der Waals surface area contributed by atoms with Crippen LogP contribution in [-0.4, -0.2) is 47.6 Å². The van der Waals surface area contributed by atoms with Gasteiger partial charge in [0.1, 0.15) is 5.82 Å². The Bertz CT molecular complexity index is 803. The van der Waals surface area contributed by atoms with Crippen molar-refractivity contribution < 1.29 is 0 Å². The van der Waals surface area contributed by atoms with E-state index in [0.717, 1.165) is 50.5 Å². The lowest BCUT2D eigenvalue weighted by Gasteiger charge is -2.35. The molecular formula is C20H24N4S. The fourth-order valence-corrected chi connectivity index (χ4v) is 4.38. The number of thiazole rings is 1. The van der Waals surface area contributed by atoms with E-state index >= 15 is 0 Å². The molecule has 0 atom stereocenters. The summed E-state index contributed by atoms with van der Waals surface area (Å²) in [5, 5.41) is 1.27. The third-order valence-electron chi connectivity index (χ3n) is 4.80. The number of benzene rings is 1. The first-order valence-electron chi connectivity index (χ1n) is 9.02. The highest BCUT2D eigenvalue weighted by Gasteiger charge is 2.17. The molecule has 4 rings (SSSR count). The molecule has 2 aromatic heterocycles. The maximum absolute atomic E-state index is 4.74. The van der Waals surface area contributed by atoms with Crippen molar-refractivity contribution in [1.29, 1.82) is 0 Å². The van der Waals surface area contributed by atoms with Gasteiger partial charge in [0.15, 0.2) is 0 Å². The van der Waals surface area contributed by atoms with Crippen LogP contribution in [0.25, 0.3) is 10.2 Å². The van der Waals surface area contributed by atoms with Crippen molar-refractivity contribution in [3.8, 4) is 0 Å². The van der Waals surface area contributed by atoms with E-state index in [1.807, 2.05) is 17.5 Å². The zero-order valence-corrected chi connectivity index (χ0v) is 15.5. The average Bonchev–Trinajstić information content (AvgIpc) is 3.05. The molecule has 0 N–H and O–H groups in total. The summed E-state index contributed by atoms with van der Waals surface area (Å²) in [5.74, 6) is 1.12. The molecule has 0 aliphatic carbocycles. The molecule has 1 aromatic carbocycles. The molecule has 0 amide bonds. The minimum Gasteiger partial charge on any atom is -0.354 e. The summed E-state index contributed by atoms with van der Waals surface area (Å²) >= 11 is 1.84. The molecule has 0 bridgehead atoms. The Morgan fingerprint density at radius 3 is 2.72 bits per heavy atom. The summed E-state index contributed by atoms with van der Waals surface area (Å²) in [6.07, 6.45) is 4.18. The topological polar surface area (TPSA) is 32.3 Å². The number of para-hydroxylation sites is 1. The highest BCUT2D eigenvalue weighted by Crippen LogP contribution is 2.22. The fourth-order valence-electron chi connectivity index (χ4n) is 3.37. The Labute approximate surface area is 153 Å². The highest BCUT2D eigenvalue weighted by molar-refractivity contribution is 7.18. The van der Waals surface area contributed by atoms with Crippen LogP contribution < -0.4 is 4.90 Å². The van der Waals surface area contributed by atoms with E-state index in [1.54, 1.807) is 0 Å². The summed E-state index contributed by atoms with van der Waals surface area (Å²) in [6, 6.07) is 12.7. The molecule has 0 unspecified atom stereocenters. The number of aromatic nitrogens is 2. The monoisotopic (exact) mass is 352 g/mol. The Kier molecular flexibility index (Phi) is 4.95. The smallest absolute Gasteiger partial charge is 0.128 e. The largest absolute Gasteiger partial charge is 0.354 e. The fraction of sp³-hybridized carbons (Fsp3) is 0.400. The van der Waals surface area contributed by atoms with Crippen molar-refractivity contribution in [2.24, 2.45) is 0 Å². The van der Waals surface area contributed by atoms with Crippen LogP contribution in [0.1, 0.15) is 17.0 Å².